The van der Waals surface area contributed by atoms with Gasteiger partial charge in [-0.2, -0.15) is 4.31 Å². The molecule has 0 aromatic heterocycles. The molecule has 1 aromatic rings. The first-order valence-corrected chi connectivity index (χ1v) is 10.6. The van der Waals surface area contributed by atoms with Crippen molar-refractivity contribution in [3.05, 3.63) is 35.9 Å². The molecule has 7 heteroatoms. The van der Waals surface area contributed by atoms with Crippen LogP contribution in [0, 0.1) is 5.92 Å². The van der Waals surface area contributed by atoms with Gasteiger partial charge in [0.2, 0.25) is 15.9 Å². The maximum absolute atomic E-state index is 12.8. The highest BCUT2D eigenvalue weighted by Gasteiger charge is 2.48. The fourth-order valence-corrected chi connectivity index (χ4v) is 5.72. The number of morpholine rings is 1. The van der Waals surface area contributed by atoms with Crippen molar-refractivity contribution in [2.45, 2.75) is 37.2 Å². The SMILES string of the molecule is O=C(C1CC2CN(S(=O)(=O)Cc3ccccc3)CC1O2)N1CCCC1. The lowest BCUT2D eigenvalue weighted by molar-refractivity contribution is -0.136. The Morgan fingerprint density at radius 2 is 1.84 bits per heavy atom. The molecule has 25 heavy (non-hydrogen) atoms. The van der Waals surface area contributed by atoms with Gasteiger partial charge in [-0.25, -0.2) is 8.42 Å². The number of carbonyl (C=O) groups is 1. The zero-order valence-electron chi connectivity index (χ0n) is 14.2. The highest BCUT2D eigenvalue weighted by Crippen LogP contribution is 2.35. The van der Waals surface area contributed by atoms with Crippen LogP contribution in [0.4, 0.5) is 0 Å². The molecule has 0 saturated carbocycles. The van der Waals surface area contributed by atoms with Crippen molar-refractivity contribution in [1.82, 2.24) is 9.21 Å². The second-order valence-corrected chi connectivity index (χ2v) is 9.20. The van der Waals surface area contributed by atoms with E-state index in [0.29, 0.717) is 13.0 Å². The zero-order valence-corrected chi connectivity index (χ0v) is 15.0. The Hall–Kier alpha value is -1.44. The van der Waals surface area contributed by atoms with E-state index in [1.165, 1.54) is 4.31 Å². The third-order valence-electron chi connectivity index (χ3n) is 5.44. The lowest BCUT2D eigenvalue weighted by Crippen LogP contribution is -2.48. The van der Waals surface area contributed by atoms with Crippen molar-refractivity contribution in [2.24, 2.45) is 5.92 Å². The number of sulfonamides is 1. The van der Waals surface area contributed by atoms with Gasteiger partial charge in [-0.1, -0.05) is 30.3 Å². The van der Waals surface area contributed by atoms with Crippen LogP contribution in [0.25, 0.3) is 0 Å². The van der Waals surface area contributed by atoms with Crippen LogP contribution in [0.15, 0.2) is 30.3 Å². The number of hydrogen-bond acceptors (Lipinski definition) is 4. The molecule has 0 N–H and O–H groups in total. The van der Waals surface area contributed by atoms with Crippen LogP contribution >= 0.6 is 0 Å². The molecule has 3 saturated heterocycles. The summed E-state index contributed by atoms with van der Waals surface area (Å²) in [4.78, 5) is 14.6. The summed E-state index contributed by atoms with van der Waals surface area (Å²) in [5.41, 5.74) is 0.783. The van der Waals surface area contributed by atoms with Gasteiger partial charge in [-0.05, 0) is 24.8 Å². The largest absolute Gasteiger partial charge is 0.371 e. The summed E-state index contributed by atoms with van der Waals surface area (Å²) >= 11 is 0. The van der Waals surface area contributed by atoms with Crippen molar-refractivity contribution >= 4 is 15.9 Å². The van der Waals surface area contributed by atoms with Crippen LogP contribution in [0.5, 0.6) is 0 Å². The van der Waals surface area contributed by atoms with Gasteiger partial charge in [0.1, 0.15) is 0 Å². The van der Waals surface area contributed by atoms with Crippen LogP contribution in [0.3, 0.4) is 0 Å². The molecule has 0 radical (unpaired) electrons. The monoisotopic (exact) mass is 364 g/mol. The average molecular weight is 364 g/mol. The van der Waals surface area contributed by atoms with Crippen LogP contribution in [0.1, 0.15) is 24.8 Å². The quantitative estimate of drug-likeness (QED) is 0.806. The summed E-state index contributed by atoms with van der Waals surface area (Å²) in [6.07, 6.45) is 2.28. The molecule has 2 bridgehead atoms. The molecule has 1 aromatic carbocycles. The van der Waals surface area contributed by atoms with Gasteiger partial charge >= 0.3 is 0 Å². The first-order chi connectivity index (χ1) is 12.0. The molecule has 4 rings (SSSR count). The molecule has 3 heterocycles. The Morgan fingerprint density at radius 3 is 2.56 bits per heavy atom. The van der Waals surface area contributed by atoms with E-state index in [2.05, 4.69) is 0 Å². The van der Waals surface area contributed by atoms with Crippen LogP contribution in [0.2, 0.25) is 0 Å². The van der Waals surface area contributed by atoms with E-state index in [1.807, 2.05) is 35.2 Å². The molecule has 3 atom stereocenters. The van der Waals surface area contributed by atoms with Gasteiger partial charge in [0.15, 0.2) is 0 Å². The molecular formula is C18H24N2O4S. The van der Waals surface area contributed by atoms with Crippen molar-refractivity contribution in [3.8, 4) is 0 Å². The summed E-state index contributed by atoms with van der Waals surface area (Å²) in [5.74, 6) is -0.0507. The fourth-order valence-electron chi connectivity index (χ4n) is 4.16. The Labute approximate surface area is 148 Å². The first-order valence-electron chi connectivity index (χ1n) is 8.99. The van der Waals surface area contributed by atoms with Gasteiger partial charge in [0, 0.05) is 26.2 Å². The summed E-state index contributed by atoms with van der Waals surface area (Å²) in [6, 6.07) is 9.22. The van der Waals surface area contributed by atoms with Crippen LogP contribution in [-0.4, -0.2) is 61.9 Å². The minimum absolute atomic E-state index is 0.00197. The first kappa shape index (κ1) is 17.0. The van der Waals surface area contributed by atoms with Crippen LogP contribution < -0.4 is 0 Å². The third kappa shape index (κ3) is 3.45. The number of fused-ring (bicyclic) bond motifs is 2. The smallest absolute Gasteiger partial charge is 0.228 e. The number of ether oxygens (including phenoxy) is 1. The highest BCUT2D eigenvalue weighted by atomic mass is 32.2. The van der Waals surface area contributed by atoms with Gasteiger partial charge in [-0.3, -0.25) is 4.79 Å². The van der Waals surface area contributed by atoms with Gasteiger partial charge in [0.05, 0.1) is 23.9 Å². The minimum Gasteiger partial charge on any atom is -0.371 e. The number of amides is 1. The normalized spacial score (nSPS) is 29.9. The zero-order chi connectivity index (χ0) is 17.4. The van der Waals surface area contributed by atoms with Crippen molar-refractivity contribution < 1.29 is 17.9 Å². The van der Waals surface area contributed by atoms with E-state index < -0.39 is 10.0 Å². The molecule has 0 spiro atoms. The number of likely N-dealkylation sites (tertiary alicyclic amines) is 1. The Balaban J connectivity index is 1.45. The average Bonchev–Trinajstić information content (AvgIpc) is 3.23. The molecule has 3 fully saturated rings. The van der Waals surface area contributed by atoms with Crippen LogP contribution in [-0.2, 0) is 25.3 Å². The second kappa shape index (κ2) is 6.70. The maximum atomic E-state index is 12.8. The lowest BCUT2D eigenvalue weighted by atomic mass is 9.99. The predicted octanol–water partition coefficient (Wildman–Crippen LogP) is 1.23. The number of carbonyl (C=O) groups excluding carboxylic acids is 1. The summed E-state index contributed by atoms with van der Waals surface area (Å²) in [5, 5.41) is 0. The summed E-state index contributed by atoms with van der Waals surface area (Å²) in [7, 11) is -3.40. The topological polar surface area (TPSA) is 66.9 Å². The molecule has 6 nitrogen and oxygen atoms in total. The predicted molar refractivity (Wildman–Crippen MR) is 93.2 cm³/mol. The molecule has 1 amide bonds. The van der Waals surface area contributed by atoms with Gasteiger partial charge < -0.3 is 9.64 Å². The number of nitrogens with zero attached hydrogens (tertiary/aromatic N) is 2. The Kier molecular flexibility index (Phi) is 4.56. The molecule has 136 valence electrons. The Bertz CT molecular complexity index is 731. The Morgan fingerprint density at radius 1 is 1.12 bits per heavy atom. The van der Waals surface area contributed by atoms with E-state index in [4.69, 9.17) is 4.74 Å². The van der Waals surface area contributed by atoms with E-state index in [0.717, 1.165) is 31.5 Å². The van der Waals surface area contributed by atoms with E-state index in [1.54, 1.807) is 0 Å². The standard InChI is InChI=1S/C18H24N2O4S/c21-18(19-8-4-5-9-19)16-10-15-11-20(12-17(16)24-15)25(22,23)13-14-6-2-1-3-7-14/h1-3,6-7,15-17H,4-5,8-13H2. The molecule has 0 aliphatic carbocycles. The van der Waals surface area contributed by atoms with Gasteiger partial charge in [-0.15, -0.1) is 0 Å². The maximum Gasteiger partial charge on any atom is 0.228 e. The number of benzene rings is 1. The summed E-state index contributed by atoms with van der Waals surface area (Å²) in [6.45, 7) is 2.29. The molecule has 3 aliphatic heterocycles. The van der Waals surface area contributed by atoms with Crippen molar-refractivity contribution in [2.75, 3.05) is 26.2 Å². The minimum atomic E-state index is -3.40. The molecule has 3 aliphatic rings. The van der Waals surface area contributed by atoms with Crippen molar-refractivity contribution in [1.29, 1.82) is 0 Å². The number of hydrogen-bond donors (Lipinski definition) is 0. The third-order valence-corrected chi connectivity index (χ3v) is 7.23. The lowest BCUT2D eigenvalue weighted by Gasteiger charge is -2.32. The molecule has 3 unspecified atom stereocenters. The van der Waals surface area contributed by atoms with E-state index >= 15 is 0 Å². The highest BCUT2D eigenvalue weighted by molar-refractivity contribution is 7.88. The molecular weight excluding hydrogens is 340 g/mol. The number of rotatable bonds is 4. The van der Waals surface area contributed by atoms with E-state index in [9.17, 15) is 13.2 Å². The van der Waals surface area contributed by atoms with Crippen molar-refractivity contribution in [3.63, 3.8) is 0 Å². The summed E-state index contributed by atoms with van der Waals surface area (Å²) < 4.78 is 33.0. The fraction of sp³-hybridized carbons (Fsp3) is 0.611. The van der Waals surface area contributed by atoms with Gasteiger partial charge in [0.25, 0.3) is 0 Å². The second-order valence-electron chi connectivity index (χ2n) is 7.23. The van der Waals surface area contributed by atoms with E-state index in [-0.39, 0.29) is 36.3 Å².